The van der Waals surface area contributed by atoms with Crippen LogP contribution in [0.2, 0.25) is 5.02 Å². The van der Waals surface area contributed by atoms with Gasteiger partial charge < -0.3 is 10.4 Å². The van der Waals surface area contributed by atoms with E-state index in [-0.39, 0.29) is 11.3 Å². The molecule has 1 amide bonds. The zero-order valence-electron chi connectivity index (χ0n) is 8.72. The van der Waals surface area contributed by atoms with E-state index < -0.39 is 5.91 Å². The molecule has 17 heavy (non-hydrogen) atoms. The van der Waals surface area contributed by atoms with Crippen molar-refractivity contribution < 1.29 is 9.90 Å². The number of aromatic nitrogens is 1. The highest BCUT2D eigenvalue weighted by Crippen LogP contribution is 2.22. The quantitative estimate of drug-likeness (QED) is 0.859. The monoisotopic (exact) mass is 248 g/mol. The lowest BCUT2D eigenvalue weighted by molar-refractivity contribution is 0.102. The molecule has 4 nitrogen and oxygen atoms in total. The van der Waals surface area contributed by atoms with Gasteiger partial charge in [0.1, 0.15) is 5.75 Å². The van der Waals surface area contributed by atoms with Gasteiger partial charge in [0.2, 0.25) is 0 Å². The molecular weight excluding hydrogens is 240 g/mol. The van der Waals surface area contributed by atoms with E-state index in [2.05, 4.69) is 10.3 Å². The largest absolute Gasteiger partial charge is 0.507 e. The Balaban J connectivity index is 2.23. The van der Waals surface area contributed by atoms with Gasteiger partial charge in [-0.2, -0.15) is 0 Å². The van der Waals surface area contributed by atoms with E-state index in [1.807, 2.05) is 0 Å². The lowest BCUT2D eigenvalue weighted by Crippen LogP contribution is -2.12. The minimum atomic E-state index is -0.432. The number of pyridine rings is 1. The number of anilines is 1. The van der Waals surface area contributed by atoms with Gasteiger partial charge in [0, 0.05) is 11.2 Å². The number of nitrogens with one attached hydrogen (secondary N) is 1. The summed E-state index contributed by atoms with van der Waals surface area (Å²) in [4.78, 5) is 15.7. The van der Waals surface area contributed by atoms with Crippen LogP contribution in [0.1, 0.15) is 10.4 Å². The Morgan fingerprint density at radius 2 is 2.18 bits per heavy atom. The molecule has 0 radical (unpaired) electrons. The fourth-order valence-electron chi connectivity index (χ4n) is 1.33. The fourth-order valence-corrected chi connectivity index (χ4v) is 1.50. The number of rotatable bonds is 2. The van der Waals surface area contributed by atoms with E-state index in [0.29, 0.717) is 10.7 Å². The SMILES string of the molecule is O=C(Nc1cccnc1)c1cc(Cl)ccc1O. The highest BCUT2D eigenvalue weighted by Gasteiger charge is 2.11. The molecule has 0 spiro atoms. The summed E-state index contributed by atoms with van der Waals surface area (Å²) in [5.41, 5.74) is 0.679. The van der Waals surface area contributed by atoms with E-state index >= 15 is 0 Å². The third-order valence-corrected chi connectivity index (χ3v) is 2.36. The molecule has 0 aliphatic rings. The maximum Gasteiger partial charge on any atom is 0.259 e. The van der Waals surface area contributed by atoms with Crippen LogP contribution in [0.15, 0.2) is 42.7 Å². The van der Waals surface area contributed by atoms with Crippen LogP contribution in [-0.2, 0) is 0 Å². The van der Waals surface area contributed by atoms with Crippen molar-refractivity contribution in [3.05, 3.63) is 53.3 Å². The van der Waals surface area contributed by atoms with Gasteiger partial charge in [0.15, 0.2) is 0 Å². The second-order valence-electron chi connectivity index (χ2n) is 3.36. The van der Waals surface area contributed by atoms with Crippen molar-refractivity contribution in [3.8, 4) is 5.75 Å². The normalized spacial score (nSPS) is 9.94. The number of nitrogens with zero attached hydrogens (tertiary/aromatic N) is 1. The Labute approximate surface area is 103 Å². The van der Waals surface area contributed by atoms with Crippen LogP contribution in [0, 0.1) is 0 Å². The van der Waals surface area contributed by atoms with E-state index in [9.17, 15) is 9.90 Å². The van der Waals surface area contributed by atoms with Crippen molar-refractivity contribution in [1.82, 2.24) is 4.98 Å². The molecule has 86 valence electrons. The second-order valence-corrected chi connectivity index (χ2v) is 3.79. The van der Waals surface area contributed by atoms with Crippen LogP contribution >= 0.6 is 11.6 Å². The number of benzene rings is 1. The Hall–Kier alpha value is -2.07. The minimum absolute atomic E-state index is 0.115. The third-order valence-electron chi connectivity index (χ3n) is 2.12. The van der Waals surface area contributed by atoms with Crippen LogP contribution in [-0.4, -0.2) is 16.0 Å². The molecular formula is C12H9ClN2O2. The van der Waals surface area contributed by atoms with Gasteiger partial charge in [-0.1, -0.05) is 11.6 Å². The molecule has 2 rings (SSSR count). The molecule has 5 heteroatoms. The van der Waals surface area contributed by atoms with E-state index in [0.717, 1.165) is 0 Å². The van der Waals surface area contributed by atoms with Crippen LogP contribution in [0.5, 0.6) is 5.75 Å². The predicted octanol–water partition coefficient (Wildman–Crippen LogP) is 2.69. The lowest BCUT2D eigenvalue weighted by atomic mass is 10.2. The third kappa shape index (κ3) is 2.73. The summed E-state index contributed by atoms with van der Waals surface area (Å²) in [5.74, 6) is -0.547. The molecule has 1 aromatic heterocycles. The lowest BCUT2D eigenvalue weighted by Gasteiger charge is -2.06. The molecule has 0 atom stereocenters. The van der Waals surface area contributed by atoms with Crippen LogP contribution in [0.25, 0.3) is 0 Å². The maximum atomic E-state index is 11.8. The molecule has 0 fully saturated rings. The Morgan fingerprint density at radius 3 is 2.88 bits per heavy atom. The second kappa shape index (κ2) is 4.84. The molecule has 0 bridgehead atoms. The average molecular weight is 249 g/mol. The molecule has 2 aromatic rings. The number of phenols is 1. The van der Waals surface area contributed by atoms with Crippen molar-refractivity contribution in [2.45, 2.75) is 0 Å². The molecule has 1 aromatic carbocycles. The first-order chi connectivity index (χ1) is 8.16. The summed E-state index contributed by atoms with van der Waals surface area (Å²) in [6.07, 6.45) is 3.12. The number of amides is 1. The number of carbonyl (C=O) groups excluding carboxylic acids is 1. The number of phenolic OH excluding ortho intramolecular Hbond substituents is 1. The molecule has 0 aliphatic carbocycles. The predicted molar refractivity (Wildman–Crippen MR) is 65.3 cm³/mol. The number of aromatic hydroxyl groups is 1. The van der Waals surface area contributed by atoms with Crippen LogP contribution in [0.4, 0.5) is 5.69 Å². The minimum Gasteiger partial charge on any atom is -0.507 e. The zero-order valence-corrected chi connectivity index (χ0v) is 9.48. The van der Waals surface area contributed by atoms with Gasteiger partial charge in [-0.25, -0.2) is 0 Å². The zero-order chi connectivity index (χ0) is 12.3. The summed E-state index contributed by atoms with van der Waals surface area (Å²) < 4.78 is 0. The van der Waals surface area contributed by atoms with E-state index in [1.54, 1.807) is 18.3 Å². The van der Waals surface area contributed by atoms with Gasteiger partial charge in [-0.05, 0) is 30.3 Å². The number of halogens is 1. The summed E-state index contributed by atoms with van der Waals surface area (Å²) in [5, 5.41) is 12.5. The van der Waals surface area contributed by atoms with Crippen LogP contribution < -0.4 is 5.32 Å². The summed E-state index contributed by atoms with van der Waals surface area (Å²) >= 11 is 5.76. The molecule has 0 saturated carbocycles. The first-order valence-corrected chi connectivity index (χ1v) is 5.24. The van der Waals surface area contributed by atoms with E-state index in [4.69, 9.17) is 11.6 Å². The molecule has 0 unspecified atom stereocenters. The van der Waals surface area contributed by atoms with Gasteiger partial charge >= 0.3 is 0 Å². The Bertz CT molecular complexity index is 543. The summed E-state index contributed by atoms with van der Waals surface area (Å²) in [6.45, 7) is 0. The van der Waals surface area contributed by atoms with Crippen molar-refractivity contribution in [2.24, 2.45) is 0 Å². The van der Waals surface area contributed by atoms with Gasteiger partial charge in [0.25, 0.3) is 5.91 Å². The number of hydrogen-bond donors (Lipinski definition) is 2. The molecule has 1 heterocycles. The highest BCUT2D eigenvalue weighted by molar-refractivity contribution is 6.31. The highest BCUT2D eigenvalue weighted by atomic mass is 35.5. The molecule has 0 saturated heterocycles. The van der Waals surface area contributed by atoms with Gasteiger partial charge in [-0.3, -0.25) is 9.78 Å². The summed E-state index contributed by atoms with van der Waals surface area (Å²) in [6, 6.07) is 7.70. The topological polar surface area (TPSA) is 62.2 Å². The van der Waals surface area contributed by atoms with E-state index in [1.165, 1.54) is 24.4 Å². The van der Waals surface area contributed by atoms with Crippen molar-refractivity contribution >= 4 is 23.2 Å². The van der Waals surface area contributed by atoms with Crippen molar-refractivity contribution in [3.63, 3.8) is 0 Å². The van der Waals surface area contributed by atoms with Gasteiger partial charge in [0.05, 0.1) is 17.4 Å². The Kier molecular flexibility index (Phi) is 3.25. The van der Waals surface area contributed by atoms with Crippen LogP contribution in [0.3, 0.4) is 0 Å². The maximum absolute atomic E-state index is 11.8. The first kappa shape index (κ1) is 11.4. The molecule has 0 aliphatic heterocycles. The standard InChI is InChI=1S/C12H9ClN2O2/c13-8-3-4-11(16)10(6-8)12(17)15-9-2-1-5-14-7-9/h1-7,16H,(H,15,17). The smallest absolute Gasteiger partial charge is 0.259 e. The average Bonchev–Trinajstić information content (AvgIpc) is 2.33. The number of hydrogen-bond acceptors (Lipinski definition) is 3. The van der Waals surface area contributed by atoms with Gasteiger partial charge in [-0.15, -0.1) is 0 Å². The first-order valence-electron chi connectivity index (χ1n) is 4.87. The summed E-state index contributed by atoms with van der Waals surface area (Å²) in [7, 11) is 0. The Morgan fingerprint density at radius 1 is 1.35 bits per heavy atom. The van der Waals surface area contributed by atoms with Crippen molar-refractivity contribution in [2.75, 3.05) is 5.32 Å². The van der Waals surface area contributed by atoms with Crippen molar-refractivity contribution in [1.29, 1.82) is 0 Å². The fraction of sp³-hybridized carbons (Fsp3) is 0. The number of carbonyl (C=O) groups is 1. The molecule has 2 N–H and O–H groups in total.